The number of aromatic nitrogens is 1. The lowest BCUT2D eigenvalue weighted by atomic mass is 10.1. The number of pyridine rings is 1. The molecular weight excluding hydrogens is 410 g/mol. The van der Waals surface area contributed by atoms with Crippen LogP contribution in [0.25, 0.3) is 0 Å². The third-order valence-electron chi connectivity index (χ3n) is 4.39. The van der Waals surface area contributed by atoms with Gasteiger partial charge in [-0.15, -0.1) is 0 Å². The van der Waals surface area contributed by atoms with Gasteiger partial charge in [-0.25, -0.2) is 4.98 Å². The molecule has 0 spiro atoms. The Morgan fingerprint density at radius 2 is 1.64 bits per heavy atom. The fourth-order valence-corrected chi connectivity index (χ4v) is 3.16. The molecule has 0 saturated carbocycles. The van der Waals surface area contributed by atoms with Gasteiger partial charge in [0.25, 0.3) is 0 Å². The van der Waals surface area contributed by atoms with E-state index >= 15 is 0 Å². The first-order valence-electron chi connectivity index (χ1n) is 8.35. The first-order chi connectivity index (χ1) is 13.0. The standard InChI is InChI=1S/C18H15ClF6N2O/c19-15-3-2-13(9-14(15)18(23,24)25)28-12-5-7-27(8-6-12)16-4-1-11(10-26-16)17(20,21)22/h1-4,9-10,12H,5-8H2. The fraction of sp³-hybridized carbons (Fsp3) is 0.389. The van der Waals surface area contributed by atoms with Crippen molar-refractivity contribution in [2.45, 2.75) is 31.3 Å². The SMILES string of the molecule is FC(F)(F)c1ccc(N2CCC(Oc3ccc(Cl)c(C(F)(F)F)c3)CC2)nc1. The van der Waals surface area contributed by atoms with Crippen molar-refractivity contribution < 1.29 is 31.1 Å². The summed E-state index contributed by atoms with van der Waals surface area (Å²) in [5, 5.41) is -0.400. The minimum absolute atomic E-state index is 0.0721. The minimum atomic E-state index is -4.58. The van der Waals surface area contributed by atoms with Crippen LogP contribution in [0.2, 0.25) is 5.02 Å². The van der Waals surface area contributed by atoms with Crippen molar-refractivity contribution in [3.8, 4) is 5.75 Å². The molecule has 0 bridgehead atoms. The van der Waals surface area contributed by atoms with Crippen LogP contribution in [0, 0.1) is 0 Å². The Balaban J connectivity index is 1.60. The maximum atomic E-state index is 12.9. The third kappa shape index (κ3) is 4.81. The van der Waals surface area contributed by atoms with Gasteiger partial charge in [0.15, 0.2) is 0 Å². The molecule has 1 saturated heterocycles. The first kappa shape index (κ1) is 20.6. The number of anilines is 1. The van der Waals surface area contributed by atoms with E-state index in [0.29, 0.717) is 31.7 Å². The molecule has 0 radical (unpaired) electrons. The van der Waals surface area contributed by atoms with E-state index in [1.807, 2.05) is 4.90 Å². The van der Waals surface area contributed by atoms with Gasteiger partial charge in [-0.1, -0.05) is 11.6 Å². The lowest BCUT2D eigenvalue weighted by Crippen LogP contribution is -2.38. The van der Waals surface area contributed by atoms with E-state index in [1.165, 1.54) is 12.1 Å². The van der Waals surface area contributed by atoms with Gasteiger partial charge in [0.1, 0.15) is 17.7 Å². The normalized spacial score (nSPS) is 16.3. The Bertz CT molecular complexity index is 814. The Kier molecular flexibility index (Phi) is 5.65. The second kappa shape index (κ2) is 7.69. The van der Waals surface area contributed by atoms with Crippen LogP contribution in [-0.2, 0) is 12.4 Å². The summed E-state index contributed by atoms with van der Waals surface area (Å²) in [4.78, 5) is 5.66. The molecule has 1 aliphatic heterocycles. The third-order valence-corrected chi connectivity index (χ3v) is 4.72. The number of nitrogens with zero attached hydrogens (tertiary/aromatic N) is 2. The summed E-state index contributed by atoms with van der Waals surface area (Å²) < 4.78 is 82.2. The van der Waals surface area contributed by atoms with E-state index in [9.17, 15) is 26.3 Å². The van der Waals surface area contributed by atoms with Crippen molar-refractivity contribution in [1.82, 2.24) is 4.98 Å². The van der Waals surface area contributed by atoms with E-state index in [-0.39, 0.29) is 11.9 Å². The predicted molar refractivity (Wildman–Crippen MR) is 91.6 cm³/mol. The van der Waals surface area contributed by atoms with E-state index in [2.05, 4.69) is 4.98 Å². The molecule has 2 aromatic rings. The summed E-state index contributed by atoms with van der Waals surface area (Å²) in [6.45, 7) is 0.922. The highest BCUT2D eigenvalue weighted by Crippen LogP contribution is 2.37. The number of rotatable bonds is 3. The number of benzene rings is 1. The minimum Gasteiger partial charge on any atom is -0.490 e. The van der Waals surface area contributed by atoms with Crippen LogP contribution in [0.4, 0.5) is 32.2 Å². The molecule has 0 unspecified atom stereocenters. The Hall–Kier alpha value is -2.16. The van der Waals surface area contributed by atoms with Crippen molar-refractivity contribution in [2.75, 3.05) is 18.0 Å². The van der Waals surface area contributed by atoms with Gasteiger partial charge >= 0.3 is 12.4 Å². The number of halogens is 7. The molecule has 2 heterocycles. The van der Waals surface area contributed by atoms with Gasteiger partial charge < -0.3 is 9.64 Å². The zero-order valence-electron chi connectivity index (χ0n) is 14.3. The van der Waals surface area contributed by atoms with Crippen LogP contribution in [0.1, 0.15) is 24.0 Å². The summed E-state index contributed by atoms with van der Waals surface area (Å²) in [6, 6.07) is 5.66. The van der Waals surface area contributed by atoms with Crippen molar-refractivity contribution in [3.63, 3.8) is 0 Å². The Labute approximate surface area is 161 Å². The molecule has 3 nitrogen and oxygen atoms in total. The smallest absolute Gasteiger partial charge is 0.417 e. The van der Waals surface area contributed by atoms with Gasteiger partial charge in [0.2, 0.25) is 0 Å². The first-order valence-corrected chi connectivity index (χ1v) is 8.73. The Morgan fingerprint density at radius 3 is 2.18 bits per heavy atom. The summed E-state index contributed by atoms with van der Waals surface area (Å²) in [7, 11) is 0. The van der Waals surface area contributed by atoms with Crippen molar-refractivity contribution >= 4 is 17.4 Å². The molecule has 3 rings (SSSR count). The zero-order chi connectivity index (χ0) is 20.5. The summed E-state index contributed by atoms with van der Waals surface area (Å²) in [5.41, 5.74) is -1.78. The highest BCUT2D eigenvalue weighted by atomic mass is 35.5. The number of alkyl halides is 6. The molecule has 1 aromatic carbocycles. The van der Waals surface area contributed by atoms with Crippen LogP contribution in [0.5, 0.6) is 5.75 Å². The van der Waals surface area contributed by atoms with Gasteiger partial charge in [0.05, 0.1) is 16.1 Å². The van der Waals surface area contributed by atoms with Crippen LogP contribution in [0.15, 0.2) is 36.5 Å². The topological polar surface area (TPSA) is 25.4 Å². The van der Waals surface area contributed by atoms with Crippen LogP contribution in [-0.4, -0.2) is 24.2 Å². The van der Waals surface area contributed by atoms with Gasteiger partial charge in [-0.2, -0.15) is 26.3 Å². The highest BCUT2D eigenvalue weighted by molar-refractivity contribution is 6.31. The highest BCUT2D eigenvalue weighted by Gasteiger charge is 2.34. The fourth-order valence-electron chi connectivity index (χ4n) is 2.93. The molecule has 1 aromatic heterocycles. The number of ether oxygens (including phenoxy) is 1. The molecule has 0 amide bonds. The predicted octanol–water partition coefficient (Wildman–Crippen LogP) is 5.82. The van der Waals surface area contributed by atoms with Gasteiger partial charge in [0, 0.05) is 32.1 Å². The molecule has 10 heteroatoms. The summed E-state index contributed by atoms with van der Waals surface area (Å²) >= 11 is 5.59. The van der Waals surface area contributed by atoms with Crippen molar-refractivity contribution in [2.24, 2.45) is 0 Å². The lowest BCUT2D eigenvalue weighted by Gasteiger charge is -2.33. The van der Waals surface area contributed by atoms with Gasteiger partial charge in [-0.05, 0) is 30.3 Å². The molecule has 0 aliphatic carbocycles. The molecule has 1 aliphatic rings. The molecule has 28 heavy (non-hydrogen) atoms. The maximum Gasteiger partial charge on any atom is 0.417 e. The lowest BCUT2D eigenvalue weighted by molar-refractivity contribution is -0.138. The van der Waals surface area contributed by atoms with Crippen molar-refractivity contribution in [3.05, 3.63) is 52.7 Å². The second-order valence-electron chi connectivity index (χ2n) is 6.35. The van der Waals surface area contributed by atoms with E-state index in [0.717, 1.165) is 24.4 Å². The van der Waals surface area contributed by atoms with Gasteiger partial charge in [-0.3, -0.25) is 0 Å². The molecule has 1 fully saturated rings. The van der Waals surface area contributed by atoms with Crippen LogP contribution < -0.4 is 9.64 Å². The molecule has 0 N–H and O–H groups in total. The van der Waals surface area contributed by atoms with Crippen LogP contribution >= 0.6 is 11.6 Å². The average Bonchev–Trinajstić information content (AvgIpc) is 2.62. The Morgan fingerprint density at radius 1 is 0.964 bits per heavy atom. The molecule has 0 atom stereocenters. The average molecular weight is 425 g/mol. The number of hydrogen-bond acceptors (Lipinski definition) is 3. The monoisotopic (exact) mass is 424 g/mol. The quantitative estimate of drug-likeness (QED) is 0.580. The van der Waals surface area contributed by atoms with Crippen molar-refractivity contribution in [1.29, 1.82) is 0 Å². The molecule has 152 valence electrons. The van der Waals surface area contributed by atoms with Crippen LogP contribution in [0.3, 0.4) is 0 Å². The largest absolute Gasteiger partial charge is 0.490 e. The molecular formula is C18H15ClF6N2O. The summed E-state index contributed by atoms with van der Waals surface area (Å²) in [5.74, 6) is 0.486. The van der Waals surface area contributed by atoms with E-state index in [4.69, 9.17) is 16.3 Å². The zero-order valence-corrected chi connectivity index (χ0v) is 15.1. The maximum absolute atomic E-state index is 12.9. The van der Waals surface area contributed by atoms with E-state index < -0.39 is 28.5 Å². The second-order valence-corrected chi connectivity index (χ2v) is 6.75. The summed E-state index contributed by atoms with van der Waals surface area (Å²) in [6.07, 6.45) is -7.56. The van der Waals surface area contributed by atoms with E-state index in [1.54, 1.807) is 0 Å². The number of hydrogen-bond donors (Lipinski definition) is 0. The number of piperidine rings is 1.